The highest BCUT2D eigenvalue weighted by Gasteiger charge is 2.73. The van der Waals surface area contributed by atoms with Crippen LogP contribution in [0.1, 0.15) is 72.1 Å². The summed E-state index contributed by atoms with van der Waals surface area (Å²) in [5.41, 5.74) is -3.94. The molecule has 4 fully saturated rings. The van der Waals surface area contributed by atoms with Crippen molar-refractivity contribution in [1.82, 2.24) is 0 Å². The lowest BCUT2D eigenvalue weighted by Crippen LogP contribution is -2.68. The molecule has 134 valence electrons. The summed E-state index contributed by atoms with van der Waals surface area (Å²) in [5, 5.41) is 10.9. The minimum Gasteiger partial charge on any atom is -0.390 e. The van der Waals surface area contributed by atoms with Crippen LogP contribution >= 0.6 is 0 Å². The third-order valence-corrected chi connectivity index (χ3v) is 8.88. The van der Waals surface area contributed by atoms with Crippen LogP contribution in [0.5, 0.6) is 0 Å². The number of hydrogen-bond acceptors (Lipinski definition) is 3. The van der Waals surface area contributed by atoms with Gasteiger partial charge >= 0.3 is 0 Å². The van der Waals surface area contributed by atoms with Gasteiger partial charge in [-0.1, -0.05) is 13.8 Å². The summed E-state index contributed by atoms with van der Waals surface area (Å²) < 4.78 is 16.6. The van der Waals surface area contributed by atoms with E-state index in [-0.39, 0.29) is 35.7 Å². The van der Waals surface area contributed by atoms with Gasteiger partial charge in [-0.25, -0.2) is 4.39 Å². The molecule has 0 bridgehead atoms. The first kappa shape index (κ1) is 16.7. The summed E-state index contributed by atoms with van der Waals surface area (Å²) in [5.74, 6) is -0.334. The van der Waals surface area contributed by atoms with Crippen molar-refractivity contribution >= 4 is 11.6 Å². The van der Waals surface area contributed by atoms with Crippen LogP contribution in [0.4, 0.5) is 4.39 Å². The van der Waals surface area contributed by atoms with Crippen LogP contribution in [0.15, 0.2) is 0 Å². The zero-order chi connectivity index (χ0) is 17.5. The predicted octanol–water partition coefficient (Wildman–Crippen LogP) is 3.62. The van der Waals surface area contributed by atoms with Gasteiger partial charge in [-0.05, 0) is 50.9 Å². The number of halogens is 1. The number of rotatable bonds is 0. The quantitative estimate of drug-likeness (QED) is 0.735. The molecule has 0 aromatic rings. The second kappa shape index (κ2) is 4.69. The third kappa shape index (κ3) is 1.71. The Bertz CT molecular complexity index is 614. The molecule has 0 aromatic heterocycles. The van der Waals surface area contributed by atoms with Gasteiger partial charge in [0.05, 0.1) is 5.60 Å². The fraction of sp³-hybridized carbons (Fsp3) is 0.900. The lowest BCUT2D eigenvalue weighted by Gasteiger charge is -2.62. The average molecular weight is 336 g/mol. The van der Waals surface area contributed by atoms with Crippen LogP contribution in [-0.4, -0.2) is 27.9 Å². The second-order valence-electron chi connectivity index (χ2n) is 9.69. The molecule has 3 nitrogen and oxygen atoms in total. The molecule has 0 heterocycles. The van der Waals surface area contributed by atoms with E-state index >= 15 is 4.39 Å². The van der Waals surface area contributed by atoms with E-state index in [9.17, 15) is 14.7 Å². The molecule has 0 aliphatic heterocycles. The maximum atomic E-state index is 16.6. The number of carbonyl (C=O) groups is 2. The molecule has 1 N–H and O–H groups in total. The minimum atomic E-state index is -1.82. The number of alkyl halides is 1. The molecule has 0 saturated heterocycles. The first-order valence-electron chi connectivity index (χ1n) is 9.52. The van der Waals surface area contributed by atoms with Crippen LogP contribution in [-0.2, 0) is 9.59 Å². The lowest BCUT2D eigenvalue weighted by molar-refractivity contribution is -0.205. The van der Waals surface area contributed by atoms with Crippen LogP contribution in [0.2, 0.25) is 0 Å². The van der Waals surface area contributed by atoms with Gasteiger partial charge in [-0.15, -0.1) is 0 Å². The van der Waals surface area contributed by atoms with Crippen LogP contribution in [0.25, 0.3) is 0 Å². The smallest absolute Gasteiger partial charge is 0.177 e. The SMILES string of the molecule is C[C@]12CCC(=O)C[C@@H]1CC[C@H]1[C@@H]3CC[C@@](C)(O)[C@@]3(C)CC(=O)[C@@]12F. The van der Waals surface area contributed by atoms with Crippen molar-refractivity contribution in [3.8, 4) is 0 Å². The Morgan fingerprint density at radius 3 is 2.42 bits per heavy atom. The Morgan fingerprint density at radius 2 is 1.71 bits per heavy atom. The average Bonchev–Trinajstić information content (AvgIpc) is 2.72. The Kier molecular flexibility index (Phi) is 3.26. The van der Waals surface area contributed by atoms with Crippen molar-refractivity contribution in [2.24, 2.45) is 28.6 Å². The summed E-state index contributed by atoms with van der Waals surface area (Å²) >= 11 is 0. The monoisotopic (exact) mass is 336 g/mol. The van der Waals surface area contributed by atoms with Crippen LogP contribution in [0.3, 0.4) is 0 Å². The third-order valence-electron chi connectivity index (χ3n) is 8.88. The number of hydrogen-bond donors (Lipinski definition) is 1. The van der Waals surface area contributed by atoms with E-state index in [1.54, 1.807) is 0 Å². The maximum absolute atomic E-state index is 16.6. The zero-order valence-corrected chi connectivity index (χ0v) is 15.0. The summed E-state index contributed by atoms with van der Waals surface area (Å²) in [7, 11) is 0. The summed E-state index contributed by atoms with van der Waals surface area (Å²) in [6.07, 6.45) is 4.41. The number of carbonyl (C=O) groups excluding carboxylic acids is 2. The van der Waals surface area contributed by atoms with Gasteiger partial charge in [0.2, 0.25) is 0 Å². The van der Waals surface area contributed by atoms with Crippen molar-refractivity contribution in [3.05, 3.63) is 0 Å². The molecule has 4 rings (SSSR count). The summed E-state index contributed by atoms with van der Waals surface area (Å²) in [6, 6.07) is 0. The van der Waals surface area contributed by atoms with Gasteiger partial charge in [0, 0.05) is 36.0 Å². The fourth-order valence-corrected chi connectivity index (χ4v) is 6.98. The van der Waals surface area contributed by atoms with E-state index in [4.69, 9.17) is 0 Å². The van der Waals surface area contributed by atoms with E-state index in [2.05, 4.69) is 0 Å². The molecular weight excluding hydrogens is 307 g/mol. The van der Waals surface area contributed by atoms with E-state index < -0.39 is 22.1 Å². The Labute approximate surface area is 143 Å². The van der Waals surface area contributed by atoms with Crippen LogP contribution in [0, 0.1) is 28.6 Å². The number of Topliss-reactive ketones (excluding diaryl/α,β-unsaturated/α-hetero) is 2. The first-order chi connectivity index (χ1) is 11.1. The zero-order valence-electron chi connectivity index (χ0n) is 15.0. The fourth-order valence-electron chi connectivity index (χ4n) is 6.98. The molecule has 0 aromatic carbocycles. The van der Waals surface area contributed by atoms with Gasteiger partial charge in [-0.3, -0.25) is 9.59 Å². The predicted molar refractivity (Wildman–Crippen MR) is 88.1 cm³/mol. The Morgan fingerprint density at radius 1 is 1.00 bits per heavy atom. The molecule has 4 aliphatic rings. The lowest BCUT2D eigenvalue weighted by atomic mass is 9.42. The van der Waals surface area contributed by atoms with Crippen LogP contribution < -0.4 is 0 Å². The molecule has 7 atom stereocenters. The molecule has 0 amide bonds. The number of ketones is 2. The van der Waals surface area contributed by atoms with Crippen molar-refractivity contribution in [3.63, 3.8) is 0 Å². The highest BCUT2D eigenvalue weighted by atomic mass is 19.1. The van der Waals surface area contributed by atoms with E-state index in [0.29, 0.717) is 32.1 Å². The Hall–Kier alpha value is -0.770. The molecule has 4 saturated carbocycles. The van der Waals surface area contributed by atoms with Gasteiger partial charge in [0.1, 0.15) is 5.78 Å². The van der Waals surface area contributed by atoms with Crippen molar-refractivity contribution in [2.45, 2.75) is 83.4 Å². The number of aliphatic hydroxyl groups is 1. The second-order valence-corrected chi connectivity index (χ2v) is 9.69. The standard InChI is InChI=1S/C20H29FO3/c1-17-8-6-13(22)10-12(17)4-5-15-14-7-9-19(3,24)18(14,2)11-16(23)20(15,17)21/h12,14-15,24H,4-11H2,1-3H3/t12-,14-,15-,17-,18-,19+,20-/m0/s1. The minimum absolute atomic E-state index is 0.00443. The molecule has 4 heteroatoms. The summed E-state index contributed by atoms with van der Waals surface area (Å²) in [4.78, 5) is 25.0. The highest BCUT2D eigenvalue weighted by molar-refractivity contribution is 5.91. The van der Waals surface area contributed by atoms with Crippen molar-refractivity contribution < 1.29 is 19.1 Å². The first-order valence-corrected chi connectivity index (χ1v) is 9.52. The normalized spacial score (nSPS) is 57.3. The topological polar surface area (TPSA) is 54.4 Å². The van der Waals surface area contributed by atoms with Gasteiger partial charge in [-0.2, -0.15) is 0 Å². The molecule has 24 heavy (non-hydrogen) atoms. The molecule has 4 aliphatic carbocycles. The van der Waals surface area contributed by atoms with Crippen molar-refractivity contribution in [1.29, 1.82) is 0 Å². The number of fused-ring (bicyclic) bond motifs is 5. The van der Waals surface area contributed by atoms with Gasteiger partial charge in [0.15, 0.2) is 11.5 Å². The van der Waals surface area contributed by atoms with E-state index in [1.807, 2.05) is 20.8 Å². The molecular formula is C20H29FO3. The van der Waals surface area contributed by atoms with Crippen molar-refractivity contribution in [2.75, 3.05) is 0 Å². The largest absolute Gasteiger partial charge is 0.390 e. The Balaban J connectivity index is 1.79. The molecule has 0 spiro atoms. The van der Waals surface area contributed by atoms with E-state index in [0.717, 1.165) is 12.8 Å². The highest BCUT2D eigenvalue weighted by Crippen LogP contribution is 2.69. The van der Waals surface area contributed by atoms with E-state index in [1.165, 1.54) is 0 Å². The maximum Gasteiger partial charge on any atom is 0.177 e. The van der Waals surface area contributed by atoms with Gasteiger partial charge in [0.25, 0.3) is 0 Å². The molecule has 0 unspecified atom stereocenters. The summed E-state index contributed by atoms with van der Waals surface area (Å²) in [6.45, 7) is 5.73. The molecule has 0 radical (unpaired) electrons. The van der Waals surface area contributed by atoms with Gasteiger partial charge < -0.3 is 5.11 Å².